The zero-order valence-electron chi connectivity index (χ0n) is 14.7. The van der Waals surface area contributed by atoms with Crippen LogP contribution in [0.4, 0.5) is 0 Å². The molecule has 0 spiro atoms. The first-order valence-corrected chi connectivity index (χ1v) is 9.07. The summed E-state index contributed by atoms with van der Waals surface area (Å²) in [6.07, 6.45) is 0. The molecule has 138 valence electrons. The van der Waals surface area contributed by atoms with Crippen molar-refractivity contribution in [3.63, 3.8) is 0 Å². The molecule has 3 N–H and O–H groups in total. The molecule has 1 aromatic heterocycles. The molecule has 1 amide bonds. The smallest absolute Gasteiger partial charge is 0.233 e. The number of nitrogens with one attached hydrogen (secondary N) is 1. The van der Waals surface area contributed by atoms with Crippen molar-refractivity contribution in [3.8, 4) is 34.0 Å². The Labute approximate surface area is 160 Å². The summed E-state index contributed by atoms with van der Waals surface area (Å²) in [7, 11) is 1.58. The average molecular weight is 382 g/mol. The fourth-order valence-electron chi connectivity index (χ4n) is 2.41. The average Bonchev–Trinajstić information content (AvgIpc) is 2.68. The number of rotatable bonds is 5. The summed E-state index contributed by atoms with van der Waals surface area (Å²) in [6, 6.07) is 13.2. The van der Waals surface area contributed by atoms with E-state index in [1.807, 2.05) is 0 Å². The standard InChI is InChI=1S/C19H18N4O3S/c1-11(18(26)20-2)27-19-21-16(12-3-7-14(24)8-4-12)17(22-23-19)13-5-9-15(25)10-6-13/h3-11,24-25H,1-2H3,(H,20,26). The number of carbonyl (C=O) groups is 1. The second-order valence-corrected chi connectivity index (χ2v) is 7.07. The normalized spacial score (nSPS) is 11.8. The molecule has 7 nitrogen and oxygen atoms in total. The van der Waals surface area contributed by atoms with Crippen LogP contribution < -0.4 is 5.32 Å². The minimum atomic E-state index is -0.371. The van der Waals surface area contributed by atoms with E-state index >= 15 is 0 Å². The topological polar surface area (TPSA) is 108 Å². The van der Waals surface area contributed by atoms with Gasteiger partial charge in [0.15, 0.2) is 0 Å². The van der Waals surface area contributed by atoms with Gasteiger partial charge in [0, 0.05) is 18.2 Å². The van der Waals surface area contributed by atoms with Gasteiger partial charge in [-0.15, -0.1) is 10.2 Å². The van der Waals surface area contributed by atoms with Crippen molar-refractivity contribution in [2.24, 2.45) is 0 Å². The fraction of sp³-hybridized carbons (Fsp3) is 0.158. The van der Waals surface area contributed by atoms with Gasteiger partial charge in [-0.05, 0) is 55.5 Å². The lowest BCUT2D eigenvalue weighted by molar-refractivity contribution is -0.119. The van der Waals surface area contributed by atoms with Crippen molar-refractivity contribution >= 4 is 17.7 Å². The van der Waals surface area contributed by atoms with E-state index in [-0.39, 0.29) is 22.7 Å². The van der Waals surface area contributed by atoms with Gasteiger partial charge in [-0.3, -0.25) is 4.79 Å². The third kappa shape index (κ3) is 4.35. The molecule has 0 aliphatic rings. The number of benzene rings is 2. The Morgan fingerprint density at radius 3 is 1.96 bits per heavy atom. The molecular weight excluding hydrogens is 364 g/mol. The summed E-state index contributed by atoms with van der Waals surface area (Å²) in [5.74, 6) is 0.171. The van der Waals surface area contributed by atoms with E-state index in [4.69, 9.17) is 0 Å². The SMILES string of the molecule is CNC(=O)C(C)Sc1nnc(-c2ccc(O)cc2)c(-c2ccc(O)cc2)n1. The number of phenolic OH excluding ortho intramolecular Hbond substituents is 2. The minimum absolute atomic E-state index is 0.127. The lowest BCUT2D eigenvalue weighted by Gasteiger charge is -2.12. The second-order valence-electron chi connectivity index (χ2n) is 5.76. The Balaban J connectivity index is 2.06. The van der Waals surface area contributed by atoms with Crippen LogP contribution >= 0.6 is 11.8 Å². The summed E-state index contributed by atoms with van der Waals surface area (Å²) in [5.41, 5.74) is 2.60. The van der Waals surface area contributed by atoms with Crippen LogP contribution in [0.25, 0.3) is 22.5 Å². The minimum Gasteiger partial charge on any atom is -0.508 e. The Kier molecular flexibility index (Phi) is 5.56. The van der Waals surface area contributed by atoms with E-state index in [0.29, 0.717) is 16.5 Å². The fourth-order valence-corrected chi connectivity index (χ4v) is 3.18. The highest BCUT2D eigenvalue weighted by Crippen LogP contribution is 2.32. The molecule has 1 unspecified atom stereocenters. The van der Waals surface area contributed by atoms with E-state index in [0.717, 1.165) is 11.1 Å². The number of hydrogen-bond acceptors (Lipinski definition) is 7. The van der Waals surface area contributed by atoms with Crippen molar-refractivity contribution in [1.29, 1.82) is 0 Å². The third-order valence-electron chi connectivity index (χ3n) is 3.85. The van der Waals surface area contributed by atoms with Crippen molar-refractivity contribution in [2.45, 2.75) is 17.3 Å². The number of phenols is 2. The highest BCUT2D eigenvalue weighted by atomic mass is 32.2. The third-order valence-corrected chi connectivity index (χ3v) is 4.80. The number of carbonyl (C=O) groups excluding carboxylic acids is 1. The molecule has 3 rings (SSSR count). The molecule has 0 aliphatic carbocycles. The van der Waals surface area contributed by atoms with Gasteiger partial charge in [0.25, 0.3) is 0 Å². The number of thioether (sulfide) groups is 1. The Morgan fingerprint density at radius 2 is 1.44 bits per heavy atom. The van der Waals surface area contributed by atoms with Crippen LogP contribution in [0.3, 0.4) is 0 Å². The van der Waals surface area contributed by atoms with Crippen molar-refractivity contribution in [3.05, 3.63) is 48.5 Å². The zero-order valence-corrected chi connectivity index (χ0v) is 15.6. The van der Waals surface area contributed by atoms with Gasteiger partial charge in [0.2, 0.25) is 11.1 Å². The van der Waals surface area contributed by atoms with E-state index in [2.05, 4.69) is 20.5 Å². The first-order valence-electron chi connectivity index (χ1n) is 8.19. The number of nitrogens with zero attached hydrogens (tertiary/aromatic N) is 3. The van der Waals surface area contributed by atoms with Gasteiger partial charge in [0.1, 0.15) is 22.9 Å². The summed E-state index contributed by atoms with van der Waals surface area (Å²) in [6.45, 7) is 1.76. The molecule has 0 aliphatic heterocycles. The molecule has 8 heteroatoms. The molecule has 1 heterocycles. The van der Waals surface area contributed by atoms with Gasteiger partial charge >= 0.3 is 0 Å². The predicted octanol–water partition coefficient (Wildman–Crippen LogP) is 2.84. The van der Waals surface area contributed by atoms with Gasteiger partial charge in [-0.25, -0.2) is 4.98 Å². The molecule has 1 atom stereocenters. The van der Waals surface area contributed by atoms with E-state index in [1.165, 1.54) is 11.8 Å². The quantitative estimate of drug-likeness (QED) is 0.582. The molecule has 0 saturated carbocycles. The summed E-state index contributed by atoms with van der Waals surface area (Å²) >= 11 is 1.21. The van der Waals surface area contributed by atoms with Gasteiger partial charge in [0.05, 0.1) is 5.25 Å². The number of hydrogen-bond donors (Lipinski definition) is 3. The lowest BCUT2D eigenvalue weighted by atomic mass is 10.0. The maximum absolute atomic E-state index is 11.8. The first kappa shape index (κ1) is 18.7. The Hall–Kier alpha value is -3.13. The highest BCUT2D eigenvalue weighted by molar-refractivity contribution is 8.00. The van der Waals surface area contributed by atoms with Gasteiger partial charge < -0.3 is 15.5 Å². The summed E-state index contributed by atoms with van der Waals surface area (Å²) in [4.78, 5) is 16.4. The van der Waals surface area contributed by atoms with E-state index in [1.54, 1.807) is 62.5 Å². The molecule has 0 fully saturated rings. The van der Waals surface area contributed by atoms with E-state index < -0.39 is 0 Å². The van der Waals surface area contributed by atoms with Crippen LogP contribution in [0.5, 0.6) is 11.5 Å². The monoisotopic (exact) mass is 382 g/mol. The van der Waals surface area contributed by atoms with Crippen molar-refractivity contribution in [2.75, 3.05) is 7.05 Å². The molecular formula is C19H18N4O3S. The Morgan fingerprint density at radius 1 is 0.926 bits per heavy atom. The number of aromatic nitrogens is 3. The zero-order chi connectivity index (χ0) is 19.4. The molecule has 3 aromatic rings. The van der Waals surface area contributed by atoms with Crippen molar-refractivity contribution < 1.29 is 15.0 Å². The van der Waals surface area contributed by atoms with Crippen LogP contribution in [0.15, 0.2) is 53.7 Å². The van der Waals surface area contributed by atoms with Crippen molar-refractivity contribution in [1.82, 2.24) is 20.5 Å². The predicted molar refractivity (Wildman–Crippen MR) is 103 cm³/mol. The molecule has 27 heavy (non-hydrogen) atoms. The van der Waals surface area contributed by atoms with Crippen LogP contribution in [0.2, 0.25) is 0 Å². The first-order chi connectivity index (χ1) is 13.0. The van der Waals surface area contributed by atoms with E-state index in [9.17, 15) is 15.0 Å². The highest BCUT2D eigenvalue weighted by Gasteiger charge is 2.18. The van der Waals surface area contributed by atoms with Crippen LogP contribution in [0, 0.1) is 0 Å². The molecule has 0 radical (unpaired) electrons. The van der Waals surface area contributed by atoms with Crippen LogP contribution in [-0.4, -0.2) is 43.6 Å². The summed E-state index contributed by atoms with van der Waals surface area (Å²) in [5, 5.41) is 30.1. The maximum atomic E-state index is 11.8. The van der Waals surface area contributed by atoms with Crippen LogP contribution in [-0.2, 0) is 4.79 Å². The number of amides is 1. The molecule has 2 aromatic carbocycles. The largest absolute Gasteiger partial charge is 0.508 e. The lowest BCUT2D eigenvalue weighted by Crippen LogP contribution is -2.27. The maximum Gasteiger partial charge on any atom is 0.233 e. The second kappa shape index (κ2) is 8.05. The van der Waals surface area contributed by atoms with Gasteiger partial charge in [-0.1, -0.05) is 11.8 Å². The molecule has 0 bridgehead atoms. The molecule has 0 saturated heterocycles. The Bertz CT molecular complexity index is 946. The van der Waals surface area contributed by atoms with Gasteiger partial charge in [-0.2, -0.15) is 0 Å². The summed E-state index contributed by atoms with van der Waals surface area (Å²) < 4.78 is 0. The van der Waals surface area contributed by atoms with Crippen LogP contribution in [0.1, 0.15) is 6.92 Å². The number of aromatic hydroxyl groups is 2.